The van der Waals surface area contributed by atoms with Crippen molar-refractivity contribution in [3.05, 3.63) is 59.7 Å². The predicted molar refractivity (Wildman–Crippen MR) is 123 cm³/mol. The summed E-state index contributed by atoms with van der Waals surface area (Å²) in [5, 5.41) is 33.7. The number of nitrogens with two attached hydrogens (primary N) is 1. The van der Waals surface area contributed by atoms with Crippen LogP contribution in [0.5, 0.6) is 11.5 Å². The van der Waals surface area contributed by atoms with E-state index >= 15 is 0 Å². The van der Waals surface area contributed by atoms with Crippen LogP contribution in [0.25, 0.3) is 0 Å². The lowest BCUT2D eigenvalue weighted by molar-refractivity contribution is -0.142. The topological polar surface area (TPSA) is 162 Å². The van der Waals surface area contributed by atoms with Gasteiger partial charge < -0.3 is 31.7 Å². The lowest BCUT2D eigenvalue weighted by Crippen LogP contribution is -2.55. The van der Waals surface area contributed by atoms with E-state index in [1.165, 1.54) is 24.3 Å². The number of hydrogen-bond donors (Lipinski definition) is 6. The fourth-order valence-corrected chi connectivity index (χ4v) is 3.35. The van der Waals surface area contributed by atoms with E-state index in [1.54, 1.807) is 24.3 Å². The van der Waals surface area contributed by atoms with Crippen LogP contribution in [-0.4, -0.2) is 51.2 Å². The number of phenolic OH excluding ortho intramolecular Hbond substituents is 2. The van der Waals surface area contributed by atoms with Gasteiger partial charge in [0, 0.05) is 6.42 Å². The minimum atomic E-state index is -1.16. The molecular formula is C24H31N3O6. The molecule has 2 aromatic carbocycles. The van der Waals surface area contributed by atoms with Gasteiger partial charge in [-0.3, -0.25) is 9.59 Å². The molecule has 3 atom stereocenters. The molecule has 0 saturated heterocycles. The molecule has 0 heterocycles. The van der Waals surface area contributed by atoms with Crippen LogP contribution in [0.2, 0.25) is 0 Å². The Hall–Kier alpha value is -3.59. The first-order valence-corrected chi connectivity index (χ1v) is 10.7. The highest BCUT2D eigenvalue weighted by molar-refractivity contribution is 5.92. The Balaban J connectivity index is 2.16. The van der Waals surface area contributed by atoms with E-state index in [0.717, 1.165) is 0 Å². The molecule has 2 rings (SSSR count). The average molecular weight is 458 g/mol. The van der Waals surface area contributed by atoms with Crippen LogP contribution in [0.1, 0.15) is 31.4 Å². The second-order valence-electron chi connectivity index (χ2n) is 8.44. The maximum absolute atomic E-state index is 13.0. The summed E-state index contributed by atoms with van der Waals surface area (Å²) >= 11 is 0. The number of carboxylic acid groups (broad SMARTS) is 1. The van der Waals surface area contributed by atoms with Crippen LogP contribution in [0, 0.1) is 5.92 Å². The number of carbonyl (C=O) groups excluding carboxylic acids is 2. The van der Waals surface area contributed by atoms with Gasteiger partial charge in [-0.25, -0.2) is 4.79 Å². The van der Waals surface area contributed by atoms with Crippen molar-refractivity contribution in [1.82, 2.24) is 10.6 Å². The monoisotopic (exact) mass is 457 g/mol. The van der Waals surface area contributed by atoms with Crippen molar-refractivity contribution >= 4 is 17.8 Å². The third-order valence-electron chi connectivity index (χ3n) is 5.03. The highest BCUT2D eigenvalue weighted by Gasteiger charge is 2.28. The molecular weight excluding hydrogens is 426 g/mol. The summed E-state index contributed by atoms with van der Waals surface area (Å²) in [6.07, 6.45) is 0.446. The minimum absolute atomic E-state index is 0.0345. The molecule has 0 radical (unpaired) electrons. The number of aromatic hydroxyl groups is 2. The zero-order valence-electron chi connectivity index (χ0n) is 18.7. The van der Waals surface area contributed by atoms with Gasteiger partial charge in [-0.05, 0) is 54.2 Å². The number of nitrogens with one attached hydrogen (secondary N) is 2. The van der Waals surface area contributed by atoms with Gasteiger partial charge in [0.05, 0.1) is 6.04 Å². The van der Waals surface area contributed by atoms with E-state index in [4.69, 9.17) is 5.73 Å². The fraction of sp³-hybridized carbons (Fsp3) is 0.375. The Bertz CT molecular complexity index is 961. The molecule has 0 aliphatic carbocycles. The second-order valence-corrected chi connectivity index (χ2v) is 8.44. The van der Waals surface area contributed by atoms with E-state index in [2.05, 4.69) is 10.6 Å². The Morgan fingerprint density at radius 2 is 1.48 bits per heavy atom. The molecule has 0 aliphatic rings. The number of hydrogen-bond acceptors (Lipinski definition) is 6. The standard InChI is InChI=1S/C24H31N3O6/c1-14(2)10-21(24(32)33)27-23(31)20(13-15-6-8-17(28)9-7-15)26-22(30)19(25)12-16-4-3-5-18(29)11-16/h3-9,11,14,19-21,28-29H,10,12-13,25H2,1-2H3,(H,26,30)(H,27,31)(H,32,33). The van der Waals surface area contributed by atoms with Crippen molar-refractivity contribution < 1.29 is 29.7 Å². The van der Waals surface area contributed by atoms with Crippen molar-refractivity contribution in [2.75, 3.05) is 0 Å². The first-order chi connectivity index (χ1) is 15.5. The van der Waals surface area contributed by atoms with Crippen LogP contribution in [0.4, 0.5) is 0 Å². The summed E-state index contributed by atoms with van der Waals surface area (Å²) in [7, 11) is 0. The SMILES string of the molecule is CC(C)CC(NC(=O)C(Cc1ccc(O)cc1)NC(=O)C(N)Cc1cccc(O)c1)C(=O)O. The van der Waals surface area contributed by atoms with Crippen LogP contribution < -0.4 is 16.4 Å². The second kappa shape index (κ2) is 11.9. The summed E-state index contributed by atoms with van der Waals surface area (Å²) in [5.74, 6) is -2.25. The Kier molecular flexibility index (Phi) is 9.23. The Morgan fingerprint density at radius 3 is 2.06 bits per heavy atom. The molecule has 33 heavy (non-hydrogen) atoms. The molecule has 9 nitrogen and oxygen atoms in total. The van der Waals surface area contributed by atoms with E-state index in [1.807, 2.05) is 13.8 Å². The van der Waals surface area contributed by atoms with Gasteiger partial charge in [0.1, 0.15) is 23.6 Å². The van der Waals surface area contributed by atoms with E-state index in [9.17, 15) is 29.7 Å². The van der Waals surface area contributed by atoms with Gasteiger partial charge in [-0.1, -0.05) is 38.1 Å². The van der Waals surface area contributed by atoms with Gasteiger partial charge in [0.15, 0.2) is 0 Å². The number of carboxylic acids is 1. The lowest BCUT2D eigenvalue weighted by Gasteiger charge is -2.24. The Morgan fingerprint density at radius 1 is 0.848 bits per heavy atom. The largest absolute Gasteiger partial charge is 0.508 e. The molecule has 2 aromatic rings. The predicted octanol–water partition coefficient (Wildman–Crippen LogP) is 1.31. The summed E-state index contributed by atoms with van der Waals surface area (Å²) < 4.78 is 0. The van der Waals surface area contributed by atoms with Gasteiger partial charge in [-0.2, -0.15) is 0 Å². The molecule has 9 heteroatoms. The fourth-order valence-electron chi connectivity index (χ4n) is 3.35. The van der Waals surface area contributed by atoms with E-state index < -0.39 is 35.9 Å². The molecule has 0 fully saturated rings. The zero-order valence-corrected chi connectivity index (χ0v) is 18.7. The lowest BCUT2D eigenvalue weighted by atomic mass is 10.0. The van der Waals surface area contributed by atoms with Crippen molar-refractivity contribution in [3.8, 4) is 11.5 Å². The maximum Gasteiger partial charge on any atom is 0.326 e. The molecule has 0 saturated carbocycles. The third-order valence-corrected chi connectivity index (χ3v) is 5.03. The number of benzene rings is 2. The summed E-state index contributed by atoms with van der Waals surface area (Å²) in [5.41, 5.74) is 7.33. The highest BCUT2D eigenvalue weighted by atomic mass is 16.4. The van der Waals surface area contributed by atoms with Gasteiger partial charge in [0.25, 0.3) is 0 Å². The van der Waals surface area contributed by atoms with Gasteiger partial charge in [0.2, 0.25) is 11.8 Å². The zero-order chi connectivity index (χ0) is 24.5. The van der Waals surface area contributed by atoms with E-state index in [0.29, 0.717) is 11.1 Å². The number of amides is 2. The summed E-state index contributed by atoms with van der Waals surface area (Å²) in [6.45, 7) is 3.69. The van der Waals surface area contributed by atoms with Crippen LogP contribution in [-0.2, 0) is 27.2 Å². The molecule has 0 aromatic heterocycles. The molecule has 7 N–H and O–H groups in total. The smallest absolute Gasteiger partial charge is 0.326 e. The van der Waals surface area contributed by atoms with Crippen LogP contribution in [0.15, 0.2) is 48.5 Å². The Labute approximate surface area is 192 Å². The number of rotatable bonds is 11. The number of phenols is 2. The van der Waals surface area contributed by atoms with Crippen LogP contribution in [0.3, 0.4) is 0 Å². The first kappa shape index (κ1) is 25.7. The molecule has 0 spiro atoms. The van der Waals surface area contributed by atoms with Crippen molar-refractivity contribution in [1.29, 1.82) is 0 Å². The van der Waals surface area contributed by atoms with Crippen molar-refractivity contribution in [2.24, 2.45) is 11.7 Å². The normalized spacial score (nSPS) is 13.7. The highest BCUT2D eigenvalue weighted by Crippen LogP contribution is 2.14. The molecule has 178 valence electrons. The number of carbonyl (C=O) groups is 3. The van der Waals surface area contributed by atoms with Crippen LogP contribution >= 0.6 is 0 Å². The molecule has 0 bridgehead atoms. The molecule has 2 amide bonds. The first-order valence-electron chi connectivity index (χ1n) is 10.7. The minimum Gasteiger partial charge on any atom is -0.508 e. The third kappa shape index (κ3) is 8.46. The maximum atomic E-state index is 13.0. The summed E-state index contributed by atoms with van der Waals surface area (Å²) in [6, 6.07) is 9.32. The van der Waals surface area contributed by atoms with Crippen molar-refractivity contribution in [3.63, 3.8) is 0 Å². The van der Waals surface area contributed by atoms with Gasteiger partial charge in [-0.15, -0.1) is 0 Å². The molecule has 0 aliphatic heterocycles. The molecule has 3 unspecified atom stereocenters. The van der Waals surface area contributed by atoms with Gasteiger partial charge >= 0.3 is 5.97 Å². The van der Waals surface area contributed by atoms with Crippen molar-refractivity contribution in [2.45, 2.75) is 51.2 Å². The quantitative estimate of drug-likeness (QED) is 0.296. The summed E-state index contributed by atoms with van der Waals surface area (Å²) in [4.78, 5) is 37.3. The average Bonchev–Trinajstić information content (AvgIpc) is 2.73. The van der Waals surface area contributed by atoms with E-state index in [-0.39, 0.29) is 36.7 Å². The number of aliphatic carboxylic acids is 1.